The second-order valence-electron chi connectivity index (χ2n) is 4.88. The Morgan fingerprint density at radius 3 is 2.69 bits per heavy atom. The van der Waals surface area contributed by atoms with Crippen LogP contribution in [0, 0.1) is 12.7 Å². The Morgan fingerprint density at radius 2 is 2.00 bits per heavy atom. The van der Waals surface area contributed by atoms with Gasteiger partial charge in [-0.2, -0.15) is 0 Å². The van der Waals surface area contributed by atoms with E-state index in [2.05, 4.69) is 10.6 Å². The molecule has 0 saturated heterocycles. The molecular formula is C12H15FN2O. The average molecular weight is 222 g/mol. The van der Waals surface area contributed by atoms with Crippen molar-refractivity contribution in [1.82, 2.24) is 0 Å². The highest BCUT2D eigenvalue weighted by molar-refractivity contribution is 5.97. The Labute approximate surface area is 94.0 Å². The Kier molecular flexibility index (Phi) is 2.37. The summed E-state index contributed by atoms with van der Waals surface area (Å²) >= 11 is 0. The second-order valence-corrected chi connectivity index (χ2v) is 4.88. The maximum absolute atomic E-state index is 13.4. The van der Waals surface area contributed by atoms with E-state index in [0.29, 0.717) is 17.7 Å². The van der Waals surface area contributed by atoms with Gasteiger partial charge in [-0.05, 0) is 38.5 Å². The largest absolute Gasteiger partial charge is 0.378 e. The second kappa shape index (κ2) is 3.47. The monoisotopic (exact) mass is 222 g/mol. The van der Waals surface area contributed by atoms with E-state index in [-0.39, 0.29) is 17.3 Å². The van der Waals surface area contributed by atoms with Crippen molar-refractivity contribution in [2.75, 3.05) is 10.6 Å². The highest BCUT2D eigenvalue weighted by atomic mass is 19.1. The highest BCUT2D eigenvalue weighted by Gasteiger charge is 2.27. The zero-order valence-corrected chi connectivity index (χ0v) is 9.65. The lowest BCUT2D eigenvalue weighted by molar-refractivity contribution is -0.116. The molecule has 1 aliphatic rings. The molecule has 1 aromatic rings. The molecule has 16 heavy (non-hydrogen) atoms. The molecule has 86 valence electrons. The molecule has 0 spiro atoms. The highest BCUT2D eigenvalue weighted by Crippen LogP contribution is 2.32. The van der Waals surface area contributed by atoms with Gasteiger partial charge in [-0.1, -0.05) is 0 Å². The summed E-state index contributed by atoms with van der Waals surface area (Å²) in [5, 5.41) is 5.95. The fraction of sp³-hybridized carbons (Fsp3) is 0.417. The van der Waals surface area contributed by atoms with E-state index < -0.39 is 0 Å². The number of hydrogen-bond donors (Lipinski definition) is 2. The molecule has 1 aliphatic heterocycles. The molecule has 0 bridgehead atoms. The van der Waals surface area contributed by atoms with Crippen LogP contribution < -0.4 is 10.6 Å². The Hall–Kier alpha value is -1.58. The van der Waals surface area contributed by atoms with Gasteiger partial charge in [-0.3, -0.25) is 4.79 Å². The van der Waals surface area contributed by atoms with Crippen LogP contribution in [0.15, 0.2) is 12.1 Å². The first-order chi connectivity index (χ1) is 7.37. The molecule has 4 heteroatoms. The third kappa shape index (κ3) is 2.01. The molecule has 2 rings (SSSR count). The summed E-state index contributed by atoms with van der Waals surface area (Å²) in [4.78, 5) is 11.6. The topological polar surface area (TPSA) is 41.1 Å². The number of rotatable bonds is 0. The molecule has 0 saturated carbocycles. The van der Waals surface area contributed by atoms with E-state index in [1.165, 1.54) is 6.07 Å². The molecule has 0 fully saturated rings. The van der Waals surface area contributed by atoms with Crippen LogP contribution in [0.25, 0.3) is 0 Å². The lowest BCUT2D eigenvalue weighted by atomic mass is 10.0. The molecule has 1 heterocycles. The Balaban J connectivity index is 2.50. The van der Waals surface area contributed by atoms with Gasteiger partial charge in [0.25, 0.3) is 0 Å². The van der Waals surface area contributed by atoms with Gasteiger partial charge in [-0.15, -0.1) is 0 Å². The maximum atomic E-state index is 13.4. The van der Waals surface area contributed by atoms with E-state index in [1.54, 1.807) is 13.0 Å². The maximum Gasteiger partial charge on any atom is 0.226 e. The van der Waals surface area contributed by atoms with Gasteiger partial charge >= 0.3 is 0 Å². The standard InChI is InChI=1S/C12H15FN2O/c1-7-4-10-9(5-8(7)13)14-11(16)6-12(2,3)15-10/h4-5,15H,6H2,1-3H3,(H,14,16). The molecule has 3 nitrogen and oxygen atoms in total. The van der Waals surface area contributed by atoms with Crippen molar-refractivity contribution in [2.45, 2.75) is 32.7 Å². The minimum atomic E-state index is -0.320. The summed E-state index contributed by atoms with van der Waals surface area (Å²) in [6, 6.07) is 3.08. The number of halogens is 1. The number of nitrogens with one attached hydrogen (secondary N) is 2. The van der Waals surface area contributed by atoms with Gasteiger partial charge in [0, 0.05) is 12.0 Å². The first-order valence-corrected chi connectivity index (χ1v) is 5.25. The van der Waals surface area contributed by atoms with Gasteiger partial charge < -0.3 is 10.6 Å². The van der Waals surface area contributed by atoms with Crippen LogP contribution >= 0.6 is 0 Å². The van der Waals surface area contributed by atoms with Crippen LogP contribution in [0.1, 0.15) is 25.8 Å². The third-order valence-electron chi connectivity index (χ3n) is 2.65. The summed E-state index contributed by atoms with van der Waals surface area (Å²) in [6.45, 7) is 5.59. The minimum Gasteiger partial charge on any atom is -0.378 e. The van der Waals surface area contributed by atoms with Crippen molar-refractivity contribution >= 4 is 17.3 Å². The van der Waals surface area contributed by atoms with Crippen molar-refractivity contribution in [2.24, 2.45) is 0 Å². The van der Waals surface area contributed by atoms with Crippen LogP contribution in [-0.2, 0) is 4.79 Å². The van der Waals surface area contributed by atoms with Crippen molar-refractivity contribution < 1.29 is 9.18 Å². The molecule has 2 N–H and O–H groups in total. The van der Waals surface area contributed by atoms with Crippen LogP contribution in [0.5, 0.6) is 0 Å². The van der Waals surface area contributed by atoms with Gasteiger partial charge in [0.15, 0.2) is 0 Å². The fourth-order valence-electron chi connectivity index (χ4n) is 1.89. The Morgan fingerprint density at radius 1 is 1.31 bits per heavy atom. The number of benzene rings is 1. The van der Waals surface area contributed by atoms with Crippen LogP contribution in [0.3, 0.4) is 0 Å². The molecular weight excluding hydrogens is 207 g/mol. The zero-order valence-electron chi connectivity index (χ0n) is 9.65. The molecule has 1 amide bonds. The number of carbonyl (C=O) groups excluding carboxylic acids is 1. The number of hydrogen-bond acceptors (Lipinski definition) is 2. The molecule has 0 aliphatic carbocycles. The number of aryl methyl sites for hydroxylation is 1. The third-order valence-corrected chi connectivity index (χ3v) is 2.65. The molecule has 0 radical (unpaired) electrons. The van der Waals surface area contributed by atoms with Gasteiger partial charge in [-0.25, -0.2) is 4.39 Å². The number of fused-ring (bicyclic) bond motifs is 1. The number of amides is 1. The SMILES string of the molecule is Cc1cc2c(cc1F)NC(=O)CC(C)(C)N2. The van der Waals surface area contributed by atoms with Gasteiger partial charge in [0.2, 0.25) is 5.91 Å². The van der Waals surface area contributed by atoms with Crippen molar-refractivity contribution in [1.29, 1.82) is 0 Å². The first-order valence-electron chi connectivity index (χ1n) is 5.25. The zero-order chi connectivity index (χ0) is 11.9. The summed E-state index contributed by atoms with van der Waals surface area (Å²) in [6.07, 6.45) is 0.363. The van der Waals surface area contributed by atoms with E-state index in [1.807, 2.05) is 13.8 Å². The lowest BCUT2D eigenvalue weighted by Gasteiger charge is -2.24. The molecule has 0 unspecified atom stereocenters. The lowest BCUT2D eigenvalue weighted by Crippen LogP contribution is -2.32. The van der Waals surface area contributed by atoms with Crippen LogP contribution in [-0.4, -0.2) is 11.4 Å². The van der Waals surface area contributed by atoms with Crippen molar-refractivity contribution in [3.05, 3.63) is 23.5 Å². The molecule has 0 atom stereocenters. The van der Waals surface area contributed by atoms with Crippen LogP contribution in [0.2, 0.25) is 0 Å². The first kappa shape index (κ1) is 10.9. The van der Waals surface area contributed by atoms with E-state index in [4.69, 9.17) is 0 Å². The normalized spacial score (nSPS) is 18.1. The smallest absolute Gasteiger partial charge is 0.226 e. The predicted octanol–water partition coefficient (Wildman–Crippen LogP) is 2.67. The Bertz CT molecular complexity index is 455. The fourth-order valence-corrected chi connectivity index (χ4v) is 1.89. The molecule has 0 aromatic heterocycles. The average Bonchev–Trinajstić information content (AvgIpc) is 2.21. The summed E-state index contributed by atoms with van der Waals surface area (Å²) in [5.41, 5.74) is 1.53. The van der Waals surface area contributed by atoms with E-state index in [0.717, 1.165) is 5.69 Å². The van der Waals surface area contributed by atoms with Crippen LogP contribution in [0.4, 0.5) is 15.8 Å². The summed E-state index contributed by atoms with van der Waals surface area (Å²) < 4.78 is 13.4. The molecule has 1 aromatic carbocycles. The quantitative estimate of drug-likeness (QED) is 0.708. The number of anilines is 2. The van der Waals surface area contributed by atoms with Gasteiger partial charge in [0.05, 0.1) is 11.4 Å². The summed E-state index contributed by atoms with van der Waals surface area (Å²) in [7, 11) is 0. The predicted molar refractivity (Wildman–Crippen MR) is 62.1 cm³/mol. The van der Waals surface area contributed by atoms with Gasteiger partial charge in [0.1, 0.15) is 5.82 Å². The van der Waals surface area contributed by atoms with Crippen molar-refractivity contribution in [3.63, 3.8) is 0 Å². The minimum absolute atomic E-state index is 0.0977. The van der Waals surface area contributed by atoms with E-state index in [9.17, 15) is 9.18 Å². The van der Waals surface area contributed by atoms with Crippen molar-refractivity contribution in [3.8, 4) is 0 Å². The summed E-state index contributed by atoms with van der Waals surface area (Å²) in [5.74, 6) is -0.403. The van der Waals surface area contributed by atoms with E-state index >= 15 is 0 Å². The number of carbonyl (C=O) groups is 1.